The molecule has 4 heteroatoms. The van der Waals surface area contributed by atoms with Gasteiger partial charge in [-0.3, -0.25) is 4.79 Å². The van der Waals surface area contributed by atoms with E-state index in [1.807, 2.05) is 11.8 Å². The topological polar surface area (TPSA) is 49.8 Å². The number of likely N-dealkylation sites (tertiary alicyclic amines) is 1. The predicted molar refractivity (Wildman–Crippen MR) is 71.3 cm³/mol. The van der Waals surface area contributed by atoms with Gasteiger partial charge in [-0.1, -0.05) is 13.8 Å². The number of methoxy groups -OCH3 is 1. The third kappa shape index (κ3) is 4.25. The zero-order valence-corrected chi connectivity index (χ0v) is 11.9. The molecule has 1 aliphatic heterocycles. The van der Waals surface area contributed by atoms with Crippen molar-refractivity contribution in [3.8, 4) is 0 Å². The number of aliphatic hydroxyl groups is 1. The van der Waals surface area contributed by atoms with Crippen LogP contribution in [0.4, 0.5) is 0 Å². The lowest BCUT2D eigenvalue weighted by Gasteiger charge is -2.40. The van der Waals surface area contributed by atoms with Gasteiger partial charge >= 0.3 is 0 Å². The highest BCUT2D eigenvalue weighted by molar-refractivity contribution is 5.78. The Labute approximate surface area is 110 Å². The number of hydrogen-bond donors (Lipinski definition) is 1. The first-order chi connectivity index (χ1) is 8.52. The number of rotatable bonds is 6. The Bertz CT molecular complexity index is 270. The summed E-state index contributed by atoms with van der Waals surface area (Å²) in [4.78, 5) is 14.2. The van der Waals surface area contributed by atoms with Gasteiger partial charge in [-0.25, -0.2) is 0 Å². The molecular formula is C14H27NO3. The first-order valence-electron chi connectivity index (χ1n) is 6.91. The van der Waals surface area contributed by atoms with Gasteiger partial charge < -0.3 is 14.7 Å². The summed E-state index contributed by atoms with van der Waals surface area (Å²) in [6, 6.07) is 0. The normalized spacial score (nSPS) is 26.1. The maximum absolute atomic E-state index is 12.3. The molecule has 18 heavy (non-hydrogen) atoms. The lowest BCUT2D eigenvalue weighted by Crippen LogP contribution is -2.48. The van der Waals surface area contributed by atoms with E-state index in [1.54, 1.807) is 7.11 Å². The van der Waals surface area contributed by atoms with Gasteiger partial charge in [0.1, 0.15) is 0 Å². The van der Waals surface area contributed by atoms with E-state index in [4.69, 9.17) is 4.74 Å². The van der Waals surface area contributed by atoms with Crippen molar-refractivity contribution in [1.82, 2.24) is 4.90 Å². The number of amides is 1. The SMILES string of the molecule is COCCCC(C)C(=O)N1CCCC(C)(CO)C1. The Hall–Kier alpha value is -0.610. The van der Waals surface area contributed by atoms with E-state index in [9.17, 15) is 9.90 Å². The molecule has 1 heterocycles. The van der Waals surface area contributed by atoms with Gasteiger partial charge in [0.25, 0.3) is 0 Å². The standard InChI is InChI=1S/C14H27NO3/c1-12(6-4-9-18-3)13(17)15-8-5-7-14(2,10-15)11-16/h12,16H,4-11H2,1-3H3. The van der Waals surface area contributed by atoms with Crippen LogP contribution in [-0.4, -0.2) is 49.3 Å². The van der Waals surface area contributed by atoms with Gasteiger partial charge in [-0.05, 0) is 25.7 Å². The number of aliphatic hydroxyl groups excluding tert-OH is 1. The summed E-state index contributed by atoms with van der Waals surface area (Å²) < 4.78 is 5.01. The summed E-state index contributed by atoms with van der Waals surface area (Å²) in [5.74, 6) is 0.284. The second kappa shape index (κ2) is 7.10. The van der Waals surface area contributed by atoms with Crippen molar-refractivity contribution in [3.05, 3.63) is 0 Å². The van der Waals surface area contributed by atoms with Gasteiger partial charge in [-0.2, -0.15) is 0 Å². The van der Waals surface area contributed by atoms with Gasteiger partial charge in [0.2, 0.25) is 5.91 Å². The van der Waals surface area contributed by atoms with E-state index in [1.165, 1.54) is 0 Å². The number of nitrogens with zero attached hydrogens (tertiary/aromatic N) is 1. The van der Waals surface area contributed by atoms with E-state index >= 15 is 0 Å². The number of carbonyl (C=O) groups excluding carboxylic acids is 1. The van der Waals surface area contributed by atoms with E-state index in [0.29, 0.717) is 13.2 Å². The Kier molecular flexibility index (Phi) is 6.09. The van der Waals surface area contributed by atoms with Crippen LogP contribution in [0.2, 0.25) is 0 Å². The average Bonchev–Trinajstić information content (AvgIpc) is 2.38. The van der Waals surface area contributed by atoms with Crippen LogP contribution in [0.3, 0.4) is 0 Å². The molecule has 0 spiro atoms. The summed E-state index contributed by atoms with van der Waals surface area (Å²) in [6.45, 7) is 6.45. The second-order valence-electron chi connectivity index (χ2n) is 5.87. The minimum atomic E-state index is -0.111. The molecule has 1 aliphatic rings. The third-order valence-electron chi connectivity index (χ3n) is 3.88. The van der Waals surface area contributed by atoms with Crippen molar-refractivity contribution in [2.45, 2.75) is 39.5 Å². The summed E-state index contributed by atoms with van der Waals surface area (Å²) >= 11 is 0. The molecule has 0 saturated carbocycles. The van der Waals surface area contributed by atoms with Crippen LogP contribution in [0.15, 0.2) is 0 Å². The van der Waals surface area contributed by atoms with Gasteiger partial charge in [0, 0.05) is 38.1 Å². The highest BCUT2D eigenvalue weighted by atomic mass is 16.5. The molecule has 1 fully saturated rings. The largest absolute Gasteiger partial charge is 0.396 e. The molecule has 1 amide bonds. The maximum Gasteiger partial charge on any atom is 0.225 e. The first-order valence-corrected chi connectivity index (χ1v) is 6.91. The zero-order valence-electron chi connectivity index (χ0n) is 11.9. The Morgan fingerprint density at radius 1 is 1.56 bits per heavy atom. The molecule has 0 aromatic heterocycles. The highest BCUT2D eigenvalue weighted by Crippen LogP contribution is 2.29. The minimum Gasteiger partial charge on any atom is -0.396 e. The Morgan fingerprint density at radius 3 is 2.89 bits per heavy atom. The summed E-state index contributed by atoms with van der Waals surface area (Å²) in [5.41, 5.74) is -0.111. The fraction of sp³-hybridized carbons (Fsp3) is 0.929. The van der Waals surface area contributed by atoms with Gasteiger partial charge in [0.05, 0.1) is 6.61 Å². The van der Waals surface area contributed by atoms with Crippen LogP contribution < -0.4 is 0 Å². The quantitative estimate of drug-likeness (QED) is 0.736. The van der Waals surface area contributed by atoms with E-state index in [-0.39, 0.29) is 23.8 Å². The fourth-order valence-corrected chi connectivity index (χ4v) is 2.60. The molecule has 1 rings (SSSR count). The molecule has 106 valence electrons. The zero-order chi connectivity index (χ0) is 13.6. The van der Waals surface area contributed by atoms with Crippen LogP contribution in [0.25, 0.3) is 0 Å². The predicted octanol–water partition coefficient (Wildman–Crippen LogP) is 1.67. The Balaban J connectivity index is 2.45. The van der Waals surface area contributed by atoms with Crippen molar-refractivity contribution in [1.29, 1.82) is 0 Å². The van der Waals surface area contributed by atoms with Gasteiger partial charge in [-0.15, -0.1) is 0 Å². The van der Waals surface area contributed by atoms with Crippen molar-refractivity contribution < 1.29 is 14.6 Å². The number of piperidine rings is 1. The molecule has 0 aromatic carbocycles. The molecular weight excluding hydrogens is 230 g/mol. The number of ether oxygens (including phenoxy) is 1. The highest BCUT2D eigenvalue weighted by Gasteiger charge is 2.33. The lowest BCUT2D eigenvalue weighted by molar-refractivity contribution is -0.139. The fourth-order valence-electron chi connectivity index (χ4n) is 2.60. The van der Waals surface area contributed by atoms with Crippen LogP contribution in [0, 0.1) is 11.3 Å². The van der Waals surface area contributed by atoms with Crippen molar-refractivity contribution in [2.24, 2.45) is 11.3 Å². The number of carbonyl (C=O) groups is 1. The van der Waals surface area contributed by atoms with Crippen LogP contribution in [0.5, 0.6) is 0 Å². The number of hydrogen-bond acceptors (Lipinski definition) is 3. The smallest absolute Gasteiger partial charge is 0.225 e. The van der Waals surface area contributed by atoms with Crippen molar-refractivity contribution >= 4 is 5.91 Å². The maximum atomic E-state index is 12.3. The summed E-state index contributed by atoms with van der Waals surface area (Å²) in [7, 11) is 1.68. The molecule has 1 saturated heterocycles. The molecule has 2 unspecified atom stereocenters. The van der Waals surface area contributed by atoms with Crippen LogP contribution in [0.1, 0.15) is 39.5 Å². The van der Waals surface area contributed by atoms with Crippen LogP contribution in [-0.2, 0) is 9.53 Å². The van der Waals surface area contributed by atoms with Crippen LogP contribution >= 0.6 is 0 Å². The van der Waals surface area contributed by atoms with E-state index in [0.717, 1.165) is 32.2 Å². The molecule has 0 radical (unpaired) electrons. The van der Waals surface area contributed by atoms with Crippen molar-refractivity contribution in [3.63, 3.8) is 0 Å². The molecule has 0 aliphatic carbocycles. The van der Waals surface area contributed by atoms with E-state index in [2.05, 4.69) is 6.92 Å². The first kappa shape index (κ1) is 15.4. The van der Waals surface area contributed by atoms with E-state index < -0.39 is 0 Å². The Morgan fingerprint density at radius 2 is 2.28 bits per heavy atom. The monoisotopic (exact) mass is 257 g/mol. The van der Waals surface area contributed by atoms with Gasteiger partial charge in [0.15, 0.2) is 0 Å². The lowest BCUT2D eigenvalue weighted by atomic mass is 9.82. The second-order valence-corrected chi connectivity index (χ2v) is 5.87. The average molecular weight is 257 g/mol. The summed E-state index contributed by atoms with van der Waals surface area (Å²) in [5, 5.41) is 9.41. The third-order valence-corrected chi connectivity index (χ3v) is 3.88. The summed E-state index contributed by atoms with van der Waals surface area (Å²) in [6.07, 6.45) is 3.80. The molecule has 1 N–H and O–H groups in total. The molecule has 0 bridgehead atoms. The van der Waals surface area contributed by atoms with Crippen molar-refractivity contribution in [2.75, 3.05) is 33.4 Å². The molecule has 4 nitrogen and oxygen atoms in total. The molecule has 2 atom stereocenters. The molecule has 0 aromatic rings. The minimum absolute atomic E-state index is 0.0567.